The van der Waals surface area contributed by atoms with Crippen LogP contribution in [0.15, 0.2) is 41.0 Å². The van der Waals surface area contributed by atoms with Crippen molar-refractivity contribution in [3.05, 3.63) is 47.9 Å². The summed E-state index contributed by atoms with van der Waals surface area (Å²) in [6.45, 7) is 1.97. The predicted octanol–water partition coefficient (Wildman–Crippen LogP) is 2.13. The number of carbonyl (C=O) groups excluding carboxylic acids is 3. The number of amides is 3. The van der Waals surface area contributed by atoms with Gasteiger partial charge in [0, 0.05) is 31.6 Å². The summed E-state index contributed by atoms with van der Waals surface area (Å²) in [6.07, 6.45) is 4.86. The molecule has 28 heavy (non-hydrogen) atoms. The van der Waals surface area contributed by atoms with Gasteiger partial charge >= 0.3 is 0 Å². The minimum absolute atomic E-state index is 0.0900. The summed E-state index contributed by atoms with van der Waals surface area (Å²) in [5.41, 5.74) is 7.14. The Morgan fingerprint density at radius 2 is 1.89 bits per heavy atom. The second-order valence-corrected chi connectivity index (χ2v) is 6.68. The lowest BCUT2D eigenvalue weighted by Crippen LogP contribution is -2.31. The standard InChI is InChI=1S/C20H24N4O4/c21-19(26)14-6-7-16(24-10-2-1-3-11-24)15(13-14)23-18(25)8-9-22-20(27)17-5-4-12-28-17/h4-7,12-13H,1-3,8-11H2,(H2,21,26)(H,22,27)(H,23,25). The average Bonchev–Trinajstić information content (AvgIpc) is 3.23. The number of nitrogens with one attached hydrogen (secondary N) is 2. The van der Waals surface area contributed by atoms with Crippen LogP contribution in [0.2, 0.25) is 0 Å². The van der Waals surface area contributed by atoms with E-state index < -0.39 is 5.91 Å². The maximum atomic E-state index is 12.4. The number of nitrogens with two attached hydrogens (primary N) is 1. The summed E-state index contributed by atoms with van der Waals surface area (Å²) in [4.78, 5) is 37.9. The average molecular weight is 384 g/mol. The van der Waals surface area contributed by atoms with E-state index >= 15 is 0 Å². The van der Waals surface area contributed by atoms with E-state index in [2.05, 4.69) is 15.5 Å². The molecule has 1 aliphatic heterocycles. The van der Waals surface area contributed by atoms with Crippen molar-refractivity contribution in [3.8, 4) is 0 Å². The van der Waals surface area contributed by atoms with Gasteiger partial charge in [0.2, 0.25) is 11.8 Å². The molecule has 2 aromatic rings. The minimum Gasteiger partial charge on any atom is -0.459 e. The van der Waals surface area contributed by atoms with Crippen molar-refractivity contribution >= 4 is 29.1 Å². The fraction of sp³-hybridized carbons (Fsp3) is 0.350. The zero-order valence-electron chi connectivity index (χ0n) is 15.6. The molecule has 0 unspecified atom stereocenters. The van der Waals surface area contributed by atoms with Crippen LogP contribution >= 0.6 is 0 Å². The molecule has 0 bridgehead atoms. The molecule has 0 saturated carbocycles. The summed E-state index contributed by atoms with van der Waals surface area (Å²) in [5.74, 6) is -0.990. The van der Waals surface area contributed by atoms with Crippen LogP contribution in [-0.4, -0.2) is 37.4 Å². The normalized spacial score (nSPS) is 13.8. The molecule has 1 saturated heterocycles. The van der Waals surface area contributed by atoms with Gasteiger partial charge in [0.25, 0.3) is 5.91 Å². The zero-order valence-corrected chi connectivity index (χ0v) is 15.6. The molecular weight excluding hydrogens is 360 g/mol. The Labute approximate surface area is 163 Å². The SMILES string of the molecule is NC(=O)c1ccc(N2CCCCC2)c(NC(=O)CCNC(=O)c2ccco2)c1. The van der Waals surface area contributed by atoms with E-state index in [0.717, 1.165) is 31.6 Å². The molecule has 3 rings (SSSR count). The van der Waals surface area contributed by atoms with E-state index in [4.69, 9.17) is 10.2 Å². The largest absolute Gasteiger partial charge is 0.459 e. The van der Waals surface area contributed by atoms with Crippen molar-refractivity contribution in [1.82, 2.24) is 5.32 Å². The number of hydrogen-bond acceptors (Lipinski definition) is 5. The highest BCUT2D eigenvalue weighted by Crippen LogP contribution is 2.29. The van der Waals surface area contributed by atoms with Gasteiger partial charge in [0.1, 0.15) is 0 Å². The Balaban J connectivity index is 1.63. The van der Waals surface area contributed by atoms with Crippen molar-refractivity contribution in [1.29, 1.82) is 0 Å². The van der Waals surface area contributed by atoms with Gasteiger partial charge in [-0.1, -0.05) is 0 Å². The third-order valence-electron chi connectivity index (χ3n) is 4.63. The van der Waals surface area contributed by atoms with Gasteiger partial charge in [-0.2, -0.15) is 0 Å². The monoisotopic (exact) mass is 384 g/mol. The summed E-state index contributed by atoms with van der Waals surface area (Å²) in [6, 6.07) is 8.27. The second-order valence-electron chi connectivity index (χ2n) is 6.68. The number of rotatable bonds is 7. The highest BCUT2D eigenvalue weighted by atomic mass is 16.3. The lowest BCUT2D eigenvalue weighted by atomic mass is 10.1. The summed E-state index contributed by atoms with van der Waals surface area (Å²) in [5, 5.41) is 5.48. The molecular formula is C20H24N4O4. The van der Waals surface area contributed by atoms with Gasteiger partial charge in [-0.15, -0.1) is 0 Å². The molecule has 0 aliphatic carbocycles. The number of hydrogen-bond donors (Lipinski definition) is 3. The maximum absolute atomic E-state index is 12.4. The first kappa shape index (κ1) is 19.5. The van der Waals surface area contributed by atoms with Gasteiger partial charge in [0.15, 0.2) is 5.76 Å². The summed E-state index contributed by atoms with van der Waals surface area (Å²) >= 11 is 0. The number of primary amides is 1. The first-order chi connectivity index (χ1) is 13.5. The molecule has 0 spiro atoms. The van der Waals surface area contributed by atoms with Crippen molar-refractivity contribution in [3.63, 3.8) is 0 Å². The number of furan rings is 1. The Morgan fingerprint density at radius 1 is 1.11 bits per heavy atom. The molecule has 3 amide bonds. The predicted molar refractivity (Wildman–Crippen MR) is 105 cm³/mol. The Bertz CT molecular complexity index is 842. The molecule has 8 heteroatoms. The van der Waals surface area contributed by atoms with Gasteiger partial charge in [-0.05, 0) is 49.6 Å². The maximum Gasteiger partial charge on any atom is 0.286 e. The van der Waals surface area contributed by atoms with Crippen LogP contribution in [0.5, 0.6) is 0 Å². The molecule has 4 N–H and O–H groups in total. The fourth-order valence-corrected chi connectivity index (χ4v) is 3.20. The van der Waals surface area contributed by atoms with E-state index in [1.165, 1.54) is 12.7 Å². The number of nitrogens with zero attached hydrogens (tertiary/aromatic N) is 1. The number of piperidine rings is 1. The van der Waals surface area contributed by atoms with Gasteiger partial charge in [-0.3, -0.25) is 14.4 Å². The lowest BCUT2D eigenvalue weighted by molar-refractivity contribution is -0.116. The van der Waals surface area contributed by atoms with Crippen LogP contribution in [0.1, 0.15) is 46.6 Å². The van der Waals surface area contributed by atoms with Crippen LogP contribution in [0.25, 0.3) is 0 Å². The molecule has 8 nitrogen and oxygen atoms in total. The first-order valence-corrected chi connectivity index (χ1v) is 9.35. The quantitative estimate of drug-likeness (QED) is 0.676. The van der Waals surface area contributed by atoms with Crippen LogP contribution in [0.3, 0.4) is 0 Å². The van der Waals surface area contributed by atoms with Crippen molar-refractivity contribution in [2.75, 3.05) is 29.9 Å². The van der Waals surface area contributed by atoms with E-state index in [1.807, 2.05) is 6.07 Å². The fourth-order valence-electron chi connectivity index (χ4n) is 3.20. The topological polar surface area (TPSA) is 118 Å². The van der Waals surface area contributed by atoms with Crippen LogP contribution < -0.4 is 21.3 Å². The Hall–Kier alpha value is -3.29. The van der Waals surface area contributed by atoms with Crippen LogP contribution in [0, 0.1) is 0 Å². The third-order valence-corrected chi connectivity index (χ3v) is 4.63. The van der Waals surface area contributed by atoms with Gasteiger partial charge in [-0.25, -0.2) is 0 Å². The first-order valence-electron chi connectivity index (χ1n) is 9.35. The number of benzene rings is 1. The Morgan fingerprint density at radius 3 is 2.57 bits per heavy atom. The van der Waals surface area contributed by atoms with E-state index in [-0.39, 0.29) is 30.5 Å². The van der Waals surface area contributed by atoms with E-state index in [1.54, 1.807) is 24.3 Å². The van der Waals surface area contributed by atoms with Gasteiger partial charge < -0.3 is 25.7 Å². The Kier molecular flexibility index (Phi) is 6.31. The molecule has 2 heterocycles. The number of carbonyl (C=O) groups is 3. The molecule has 1 aromatic heterocycles. The second kappa shape index (κ2) is 9.07. The molecule has 0 atom stereocenters. The summed E-state index contributed by atoms with van der Waals surface area (Å²) < 4.78 is 5.01. The van der Waals surface area contributed by atoms with Crippen molar-refractivity contribution < 1.29 is 18.8 Å². The molecule has 1 fully saturated rings. The number of anilines is 2. The summed E-state index contributed by atoms with van der Waals surface area (Å²) in [7, 11) is 0. The van der Waals surface area contributed by atoms with Crippen LogP contribution in [-0.2, 0) is 4.79 Å². The molecule has 1 aromatic carbocycles. The third kappa shape index (κ3) is 4.91. The highest BCUT2D eigenvalue weighted by molar-refractivity contribution is 5.99. The van der Waals surface area contributed by atoms with Crippen molar-refractivity contribution in [2.24, 2.45) is 5.73 Å². The molecule has 148 valence electrons. The molecule has 0 radical (unpaired) electrons. The van der Waals surface area contributed by atoms with E-state index in [0.29, 0.717) is 11.3 Å². The lowest BCUT2D eigenvalue weighted by Gasteiger charge is -2.30. The zero-order chi connectivity index (χ0) is 19.9. The highest BCUT2D eigenvalue weighted by Gasteiger charge is 2.17. The molecule has 1 aliphatic rings. The smallest absolute Gasteiger partial charge is 0.286 e. The van der Waals surface area contributed by atoms with E-state index in [9.17, 15) is 14.4 Å². The minimum atomic E-state index is -0.550. The van der Waals surface area contributed by atoms with Crippen molar-refractivity contribution in [2.45, 2.75) is 25.7 Å². The van der Waals surface area contributed by atoms with Crippen LogP contribution in [0.4, 0.5) is 11.4 Å². The van der Waals surface area contributed by atoms with Gasteiger partial charge in [0.05, 0.1) is 17.6 Å².